The predicted molar refractivity (Wildman–Crippen MR) is 130 cm³/mol. The Hall–Kier alpha value is -2.30. The van der Waals surface area contributed by atoms with Crippen LogP contribution in [0.4, 0.5) is 13.2 Å². The highest BCUT2D eigenvalue weighted by Gasteiger charge is 2.36. The third-order valence-corrected chi connectivity index (χ3v) is 7.22. The van der Waals surface area contributed by atoms with Gasteiger partial charge in [-0.3, -0.25) is 9.69 Å². The lowest BCUT2D eigenvalue weighted by Crippen LogP contribution is -2.44. The quantitative estimate of drug-likeness (QED) is 0.498. The molecule has 36 heavy (non-hydrogen) atoms. The zero-order valence-electron chi connectivity index (χ0n) is 19.8. The molecular weight excluding hydrogens is 517 g/mol. The maximum absolute atomic E-state index is 15.5. The Labute approximate surface area is 213 Å². The van der Waals surface area contributed by atoms with Crippen molar-refractivity contribution in [2.75, 3.05) is 26.0 Å². The molecule has 0 unspecified atom stereocenters. The molecule has 2 aromatic carbocycles. The Kier molecular flexibility index (Phi) is 7.87. The number of amides is 1. The first-order valence-electron chi connectivity index (χ1n) is 11.7. The summed E-state index contributed by atoms with van der Waals surface area (Å²) in [7, 11) is -3.86. The number of carbonyl (C=O) groups is 1. The van der Waals surface area contributed by atoms with Crippen molar-refractivity contribution in [1.82, 2.24) is 9.62 Å². The van der Waals surface area contributed by atoms with E-state index in [2.05, 4.69) is 0 Å². The fraction of sp³-hybridized carbons (Fsp3) is 0.480. The second-order valence-electron chi connectivity index (χ2n) is 9.78. The molecule has 1 heterocycles. The molecule has 1 saturated heterocycles. The van der Waals surface area contributed by atoms with Gasteiger partial charge in [0.15, 0.2) is 0 Å². The van der Waals surface area contributed by atoms with Gasteiger partial charge in [0.05, 0.1) is 11.8 Å². The first-order valence-corrected chi connectivity index (χ1v) is 14.0. The Morgan fingerprint density at radius 2 is 1.86 bits per heavy atom. The zero-order chi connectivity index (χ0) is 26.1. The van der Waals surface area contributed by atoms with E-state index in [9.17, 15) is 22.0 Å². The van der Waals surface area contributed by atoms with E-state index < -0.39 is 38.8 Å². The normalized spacial score (nSPS) is 18.1. The zero-order valence-corrected chi connectivity index (χ0v) is 21.4. The molecule has 2 aromatic rings. The number of nitrogens with one attached hydrogen (secondary N) is 1. The Morgan fingerprint density at radius 1 is 1.17 bits per heavy atom. The molecule has 4 rings (SSSR count). The number of likely N-dealkylation sites (tertiary alicyclic amines) is 1. The van der Waals surface area contributed by atoms with Gasteiger partial charge < -0.3 is 4.74 Å². The van der Waals surface area contributed by atoms with Crippen LogP contribution >= 0.6 is 11.6 Å². The summed E-state index contributed by atoms with van der Waals surface area (Å²) < 4.78 is 74.2. The van der Waals surface area contributed by atoms with E-state index in [1.54, 1.807) is 10.8 Å². The van der Waals surface area contributed by atoms with E-state index in [1.165, 1.54) is 18.2 Å². The molecule has 1 aliphatic carbocycles. The van der Waals surface area contributed by atoms with E-state index in [1.807, 2.05) is 4.90 Å². The van der Waals surface area contributed by atoms with Crippen molar-refractivity contribution in [1.29, 1.82) is 0 Å². The monoisotopic (exact) mass is 544 g/mol. The van der Waals surface area contributed by atoms with E-state index >= 15 is 4.39 Å². The van der Waals surface area contributed by atoms with E-state index in [4.69, 9.17) is 16.3 Å². The number of hydrogen-bond donors (Lipinski definition) is 1. The highest BCUT2D eigenvalue weighted by Crippen LogP contribution is 2.37. The van der Waals surface area contributed by atoms with Gasteiger partial charge in [-0.2, -0.15) is 0 Å². The molecular formula is C25H28ClF3N2O4S. The highest BCUT2D eigenvalue weighted by atomic mass is 35.5. The molecule has 196 valence electrons. The average Bonchev–Trinajstić information content (AvgIpc) is 3.58. The Balaban J connectivity index is 1.41. The summed E-state index contributed by atoms with van der Waals surface area (Å²) in [5.41, 5.74) is -0.774. The number of rotatable bonds is 9. The topological polar surface area (TPSA) is 75.7 Å². The van der Waals surface area contributed by atoms with E-state index in [0.717, 1.165) is 25.2 Å². The van der Waals surface area contributed by atoms with Crippen molar-refractivity contribution in [2.45, 2.75) is 44.3 Å². The first-order chi connectivity index (χ1) is 16.9. The van der Waals surface area contributed by atoms with Crippen molar-refractivity contribution < 1.29 is 31.1 Å². The molecule has 11 heteroatoms. The lowest BCUT2D eigenvalue weighted by Gasteiger charge is -2.36. The van der Waals surface area contributed by atoms with Crippen LogP contribution in [0.1, 0.15) is 47.2 Å². The fourth-order valence-corrected chi connectivity index (χ4v) is 5.04. The number of alkyl halides is 1. The van der Waals surface area contributed by atoms with Gasteiger partial charge in [0.2, 0.25) is 10.0 Å². The van der Waals surface area contributed by atoms with Gasteiger partial charge in [-0.05, 0) is 73.4 Å². The smallest absolute Gasteiger partial charge is 0.267 e. The summed E-state index contributed by atoms with van der Waals surface area (Å²) in [5, 5.41) is 0.310. The summed E-state index contributed by atoms with van der Waals surface area (Å²) in [6.45, 7) is 1.03. The average molecular weight is 545 g/mol. The minimum Gasteiger partial charge on any atom is -0.490 e. The molecule has 0 aromatic heterocycles. The van der Waals surface area contributed by atoms with Gasteiger partial charge in [0.25, 0.3) is 5.91 Å². The molecule has 1 saturated carbocycles. The van der Waals surface area contributed by atoms with Crippen LogP contribution in [-0.2, 0) is 23.0 Å². The molecule has 0 atom stereocenters. The highest BCUT2D eigenvalue weighted by molar-refractivity contribution is 7.89. The van der Waals surface area contributed by atoms with Crippen LogP contribution in [0.15, 0.2) is 30.3 Å². The van der Waals surface area contributed by atoms with Crippen LogP contribution in [0, 0.1) is 17.6 Å². The van der Waals surface area contributed by atoms with Crippen LogP contribution in [0.5, 0.6) is 5.75 Å². The third kappa shape index (κ3) is 7.36. The van der Waals surface area contributed by atoms with E-state index in [-0.39, 0.29) is 25.2 Å². The van der Waals surface area contributed by atoms with Crippen molar-refractivity contribution in [3.8, 4) is 5.75 Å². The predicted octanol–water partition coefficient (Wildman–Crippen LogP) is 4.64. The SMILES string of the molecule is CS(=O)(=O)NC(=O)c1cc(CC2CC2)c(OCC2(F)CCN(Cc3cc(F)cc(Cl)c3)CC2)cc1F. The summed E-state index contributed by atoms with van der Waals surface area (Å²) in [6, 6.07) is 6.64. The largest absolute Gasteiger partial charge is 0.490 e. The molecule has 2 aliphatic rings. The molecule has 0 bridgehead atoms. The van der Waals surface area contributed by atoms with Crippen molar-refractivity contribution in [3.63, 3.8) is 0 Å². The number of sulfonamides is 1. The Morgan fingerprint density at radius 3 is 2.47 bits per heavy atom. The first kappa shape index (κ1) is 26.8. The van der Waals surface area contributed by atoms with Gasteiger partial charge in [0.1, 0.15) is 29.7 Å². The van der Waals surface area contributed by atoms with E-state index in [0.29, 0.717) is 48.1 Å². The summed E-state index contributed by atoms with van der Waals surface area (Å²) in [5.74, 6) is -1.90. The molecule has 1 amide bonds. The van der Waals surface area contributed by atoms with Crippen LogP contribution < -0.4 is 9.46 Å². The second-order valence-corrected chi connectivity index (χ2v) is 12.0. The van der Waals surface area contributed by atoms with Gasteiger partial charge in [-0.1, -0.05) is 11.6 Å². The number of carbonyl (C=O) groups excluding carboxylic acids is 1. The van der Waals surface area contributed by atoms with Gasteiger partial charge in [-0.15, -0.1) is 0 Å². The number of nitrogens with zero attached hydrogens (tertiary/aromatic N) is 1. The van der Waals surface area contributed by atoms with Gasteiger partial charge >= 0.3 is 0 Å². The molecule has 6 nitrogen and oxygen atoms in total. The van der Waals surface area contributed by atoms with Crippen molar-refractivity contribution in [3.05, 3.63) is 63.7 Å². The number of hydrogen-bond acceptors (Lipinski definition) is 5. The molecule has 1 N–H and O–H groups in total. The fourth-order valence-electron chi connectivity index (χ4n) is 4.35. The summed E-state index contributed by atoms with van der Waals surface area (Å²) in [6.07, 6.45) is 3.68. The molecule has 1 aliphatic heterocycles. The minimum atomic E-state index is -3.86. The molecule has 0 radical (unpaired) electrons. The molecule has 0 spiro atoms. The van der Waals surface area contributed by atoms with Crippen molar-refractivity contribution >= 4 is 27.5 Å². The number of piperidine rings is 1. The summed E-state index contributed by atoms with van der Waals surface area (Å²) >= 11 is 5.92. The molecule has 2 fully saturated rings. The van der Waals surface area contributed by atoms with Crippen LogP contribution in [-0.4, -0.2) is 50.8 Å². The van der Waals surface area contributed by atoms with Gasteiger partial charge in [0, 0.05) is 30.7 Å². The van der Waals surface area contributed by atoms with Gasteiger partial charge in [-0.25, -0.2) is 26.3 Å². The lowest BCUT2D eigenvalue weighted by atomic mass is 9.93. The van der Waals surface area contributed by atoms with Crippen molar-refractivity contribution in [2.24, 2.45) is 5.92 Å². The van der Waals surface area contributed by atoms with Crippen LogP contribution in [0.25, 0.3) is 0 Å². The number of halogens is 4. The number of ether oxygens (including phenoxy) is 1. The maximum Gasteiger partial charge on any atom is 0.267 e. The van der Waals surface area contributed by atoms with Crippen LogP contribution in [0.3, 0.4) is 0 Å². The minimum absolute atomic E-state index is 0.157. The summed E-state index contributed by atoms with van der Waals surface area (Å²) in [4.78, 5) is 14.2. The van der Waals surface area contributed by atoms with Crippen LogP contribution in [0.2, 0.25) is 5.02 Å². The standard InChI is InChI=1S/C25H28ClF3N2O4S/c1-36(33,34)30-24(32)21-11-18(8-16-2-3-16)23(13-22(21)28)35-15-25(29)4-6-31(7-5-25)14-17-9-19(26)12-20(27)10-17/h9-13,16H,2-8,14-15H2,1H3,(H,30,32). The maximum atomic E-state index is 15.5. The number of benzene rings is 2. The third-order valence-electron chi connectivity index (χ3n) is 6.45. The lowest BCUT2D eigenvalue weighted by molar-refractivity contribution is 0.0148. The second kappa shape index (κ2) is 10.6. The Bertz CT molecular complexity index is 1230.